The van der Waals surface area contributed by atoms with E-state index in [0.717, 1.165) is 4.90 Å². The standard InChI is InChI=1S/C17H17F3N4O3/c1-2-13-21-14(22-24(13)10-6-4-3-5-7-10)15(25)23-8-11(16(26)27)12(9-23)17(18,19)20/h3-7,11-12H,2,8-9H2,1H3,(H,26,27)/t11-,12-/m1/s1. The average Bonchev–Trinajstić information content (AvgIpc) is 3.26. The summed E-state index contributed by atoms with van der Waals surface area (Å²) in [6.45, 7) is 0.564. The number of aryl methyl sites for hydroxylation is 1. The maximum absolute atomic E-state index is 13.1. The summed E-state index contributed by atoms with van der Waals surface area (Å²) in [6.07, 6.45) is -4.25. The van der Waals surface area contributed by atoms with Crippen LogP contribution in [0.2, 0.25) is 0 Å². The molecule has 3 rings (SSSR count). The van der Waals surface area contributed by atoms with Gasteiger partial charge in [0.25, 0.3) is 5.91 Å². The Morgan fingerprint density at radius 3 is 2.41 bits per heavy atom. The zero-order valence-corrected chi connectivity index (χ0v) is 14.3. The van der Waals surface area contributed by atoms with Crippen LogP contribution in [0.15, 0.2) is 30.3 Å². The van der Waals surface area contributed by atoms with Gasteiger partial charge >= 0.3 is 12.1 Å². The van der Waals surface area contributed by atoms with E-state index in [1.807, 2.05) is 13.0 Å². The van der Waals surface area contributed by atoms with Crippen molar-refractivity contribution in [3.8, 4) is 5.69 Å². The molecule has 27 heavy (non-hydrogen) atoms. The van der Waals surface area contributed by atoms with Gasteiger partial charge in [0, 0.05) is 19.5 Å². The molecule has 0 saturated carbocycles. The van der Waals surface area contributed by atoms with Crippen LogP contribution in [-0.2, 0) is 11.2 Å². The normalized spacial score (nSPS) is 20.1. The van der Waals surface area contributed by atoms with Gasteiger partial charge in [0.1, 0.15) is 5.82 Å². The number of halogens is 3. The van der Waals surface area contributed by atoms with E-state index in [-0.39, 0.29) is 5.82 Å². The van der Waals surface area contributed by atoms with Crippen molar-refractivity contribution in [3.05, 3.63) is 42.0 Å². The van der Waals surface area contributed by atoms with Gasteiger partial charge in [0.15, 0.2) is 0 Å². The molecule has 2 atom stereocenters. The number of para-hydroxylation sites is 1. The summed E-state index contributed by atoms with van der Waals surface area (Å²) in [4.78, 5) is 28.8. The first-order valence-corrected chi connectivity index (χ1v) is 8.32. The lowest BCUT2D eigenvalue weighted by Gasteiger charge is -2.17. The smallest absolute Gasteiger partial charge is 0.394 e. The molecule has 0 bridgehead atoms. The lowest BCUT2D eigenvalue weighted by Crippen LogP contribution is -2.34. The zero-order valence-electron chi connectivity index (χ0n) is 14.3. The number of aromatic nitrogens is 3. The molecule has 2 aromatic rings. The molecule has 1 aromatic carbocycles. The first-order chi connectivity index (χ1) is 12.7. The number of amides is 1. The number of hydrogen-bond donors (Lipinski definition) is 1. The molecule has 0 radical (unpaired) electrons. The van der Waals surface area contributed by atoms with E-state index in [2.05, 4.69) is 10.1 Å². The van der Waals surface area contributed by atoms with Crippen molar-refractivity contribution in [2.24, 2.45) is 11.8 Å². The Labute approximate surface area is 152 Å². The van der Waals surface area contributed by atoms with Crippen LogP contribution in [0.5, 0.6) is 0 Å². The van der Waals surface area contributed by atoms with Crippen LogP contribution in [0.25, 0.3) is 5.69 Å². The fourth-order valence-corrected chi connectivity index (χ4v) is 3.13. The first-order valence-electron chi connectivity index (χ1n) is 8.32. The molecule has 1 fully saturated rings. The van der Waals surface area contributed by atoms with Crippen LogP contribution in [0, 0.1) is 11.8 Å². The van der Waals surface area contributed by atoms with Gasteiger partial charge in [-0.05, 0) is 12.1 Å². The topological polar surface area (TPSA) is 88.3 Å². The molecule has 1 N–H and O–H groups in total. The Bertz CT molecular complexity index is 851. The summed E-state index contributed by atoms with van der Waals surface area (Å²) >= 11 is 0. The third-order valence-corrected chi connectivity index (χ3v) is 4.53. The number of carboxylic acids is 1. The highest BCUT2D eigenvalue weighted by Crippen LogP contribution is 2.38. The second-order valence-corrected chi connectivity index (χ2v) is 6.26. The average molecular weight is 382 g/mol. The monoisotopic (exact) mass is 382 g/mol. The lowest BCUT2D eigenvalue weighted by atomic mass is 9.96. The molecule has 0 unspecified atom stereocenters. The van der Waals surface area contributed by atoms with Gasteiger partial charge in [-0.25, -0.2) is 9.67 Å². The van der Waals surface area contributed by atoms with Gasteiger partial charge in [-0.2, -0.15) is 13.2 Å². The largest absolute Gasteiger partial charge is 0.481 e. The fourth-order valence-electron chi connectivity index (χ4n) is 3.13. The molecule has 1 aliphatic rings. The number of benzene rings is 1. The van der Waals surface area contributed by atoms with Crippen molar-refractivity contribution in [1.29, 1.82) is 0 Å². The Morgan fingerprint density at radius 1 is 1.22 bits per heavy atom. The van der Waals surface area contributed by atoms with Crippen molar-refractivity contribution >= 4 is 11.9 Å². The van der Waals surface area contributed by atoms with Gasteiger partial charge in [-0.1, -0.05) is 25.1 Å². The van der Waals surface area contributed by atoms with Crippen molar-refractivity contribution in [1.82, 2.24) is 19.7 Å². The van der Waals surface area contributed by atoms with Crippen molar-refractivity contribution < 1.29 is 27.9 Å². The Morgan fingerprint density at radius 2 is 1.89 bits per heavy atom. The minimum Gasteiger partial charge on any atom is -0.481 e. The van der Waals surface area contributed by atoms with Crippen molar-refractivity contribution in [2.75, 3.05) is 13.1 Å². The molecule has 1 aliphatic heterocycles. The third-order valence-electron chi connectivity index (χ3n) is 4.53. The number of nitrogens with zero attached hydrogens (tertiary/aromatic N) is 4. The van der Waals surface area contributed by atoms with Gasteiger partial charge in [-0.15, -0.1) is 5.10 Å². The molecule has 7 nitrogen and oxygen atoms in total. The lowest BCUT2D eigenvalue weighted by molar-refractivity contribution is -0.187. The summed E-state index contributed by atoms with van der Waals surface area (Å²) in [5.74, 6) is -5.97. The second kappa shape index (κ2) is 7.01. The quantitative estimate of drug-likeness (QED) is 0.876. The third kappa shape index (κ3) is 3.64. The number of carbonyl (C=O) groups excluding carboxylic acids is 1. The highest BCUT2D eigenvalue weighted by atomic mass is 19.4. The van der Waals surface area contributed by atoms with Crippen LogP contribution >= 0.6 is 0 Å². The Kier molecular flexibility index (Phi) is 4.90. The number of aliphatic carboxylic acids is 1. The van der Waals surface area contributed by atoms with Crippen molar-refractivity contribution in [2.45, 2.75) is 19.5 Å². The molecule has 144 valence electrons. The van der Waals surface area contributed by atoms with E-state index < -0.39 is 43.0 Å². The molecule has 0 spiro atoms. The highest BCUT2D eigenvalue weighted by molar-refractivity contribution is 5.91. The molecular formula is C17H17F3N4O3. The molecule has 1 saturated heterocycles. The molecule has 1 amide bonds. The summed E-state index contributed by atoms with van der Waals surface area (Å²) in [6, 6.07) is 8.90. The predicted molar refractivity (Wildman–Crippen MR) is 87.3 cm³/mol. The summed E-state index contributed by atoms with van der Waals surface area (Å²) < 4.78 is 40.8. The van der Waals surface area contributed by atoms with E-state index >= 15 is 0 Å². The van der Waals surface area contributed by atoms with E-state index in [0.29, 0.717) is 17.9 Å². The highest BCUT2D eigenvalue weighted by Gasteiger charge is 2.53. The summed E-state index contributed by atoms with van der Waals surface area (Å²) in [5.41, 5.74) is 0.666. The Balaban J connectivity index is 1.88. The van der Waals surface area contributed by atoms with Crippen LogP contribution < -0.4 is 0 Å². The molecule has 2 heterocycles. The number of carbonyl (C=O) groups is 2. The van der Waals surface area contributed by atoms with E-state index in [9.17, 15) is 22.8 Å². The van der Waals surface area contributed by atoms with Crippen LogP contribution in [0.1, 0.15) is 23.4 Å². The zero-order chi connectivity index (χ0) is 19.8. The molecule has 0 aliphatic carbocycles. The summed E-state index contributed by atoms with van der Waals surface area (Å²) in [7, 11) is 0. The maximum Gasteiger partial charge on any atom is 0.394 e. The SMILES string of the molecule is CCc1nc(C(=O)N2C[C@@H](C(F)(F)F)[C@H](C(=O)O)C2)nn1-c1ccccc1. The maximum atomic E-state index is 13.1. The number of alkyl halides is 3. The number of rotatable bonds is 4. The number of hydrogen-bond acceptors (Lipinski definition) is 4. The van der Waals surface area contributed by atoms with Gasteiger partial charge < -0.3 is 10.0 Å². The predicted octanol–water partition coefficient (Wildman–Crippen LogP) is 2.16. The Hall–Kier alpha value is -2.91. The van der Waals surface area contributed by atoms with Crippen LogP contribution in [0.4, 0.5) is 13.2 Å². The van der Waals surface area contributed by atoms with Crippen molar-refractivity contribution in [3.63, 3.8) is 0 Å². The second-order valence-electron chi connectivity index (χ2n) is 6.26. The first kappa shape index (κ1) is 18.9. The molecule has 1 aromatic heterocycles. The van der Waals surface area contributed by atoms with E-state index in [1.165, 1.54) is 4.68 Å². The van der Waals surface area contributed by atoms with Gasteiger partial charge in [0.2, 0.25) is 5.82 Å². The fraction of sp³-hybridized carbons (Fsp3) is 0.412. The van der Waals surface area contributed by atoms with E-state index in [4.69, 9.17) is 5.11 Å². The molecule has 10 heteroatoms. The number of carboxylic acid groups (broad SMARTS) is 1. The minimum atomic E-state index is -4.70. The van der Waals surface area contributed by atoms with Gasteiger partial charge in [-0.3, -0.25) is 9.59 Å². The van der Waals surface area contributed by atoms with E-state index in [1.54, 1.807) is 24.3 Å². The summed E-state index contributed by atoms with van der Waals surface area (Å²) in [5, 5.41) is 13.2. The molecular weight excluding hydrogens is 365 g/mol. The van der Waals surface area contributed by atoms with Crippen LogP contribution in [0.3, 0.4) is 0 Å². The van der Waals surface area contributed by atoms with Gasteiger partial charge in [0.05, 0.1) is 17.5 Å². The van der Waals surface area contributed by atoms with Crippen LogP contribution in [-0.4, -0.2) is 55.9 Å². The number of likely N-dealkylation sites (tertiary alicyclic amines) is 1. The minimum absolute atomic E-state index is 0.248.